The number of aromatic hydroxyl groups is 1. The van der Waals surface area contributed by atoms with Gasteiger partial charge in [0.05, 0.1) is 11.4 Å². The first-order valence-corrected chi connectivity index (χ1v) is 13.5. The highest BCUT2D eigenvalue weighted by Gasteiger charge is 2.48. The van der Waals surface area contributed by atoms with Gasteiger partial charge in [-0.2, -0.15) is 0 Å². The van der Waals surface area contributed by atoms with Gasteiger partial charge >= 0.3 is 6.98 Å². The zero-order valence-corrected chi connectivity index (χ0v) is 21.9. The van der Waals surface area contributed by atoms with E-state index in [2.05, 4.69) is 81.3 Å². The van der Waals surface area contributed by atoms with Gasteiger partial charge in [-0.25, -0.2) is 9.97 Å². The summed E-state index contributed by atoms with van der Waals surface area (Å²) in [6.45, 7) is -0.108. The van der Waals surface area contributed by atoms with Crippen LogP contribution in [0.4, 0.5) is 22.9 Å². The molecule has 194 valence electrons. The number of aromatic nitrogens is 2. The maximum absolute atomic E-state index is 10.3. The molecule has 6 nitrogen and oxygen atoms in total. The highest BCUT2D eigenvalue weighted by Crippen LogP contribution is 2.50. The van der Waals surface area contributed by atoms with Gasteiger partial charge in [-0.05, 0) is 65.6 Å². The molecule has 0 unspecified atom stereocenters. The maximum Gasteiger partial charge on any atom is 0.422 e. The van der Waals surface area contributed by atoms with Gasteiger partial charge in [-0.15, -0.1) is 0 Å². The Hall–Kier alpha value is -5.56. The van der Waals surface area contributed by atoms with E-state index < -0.39 is 0 Å². The van der Waals surface area contributed by atoms with Crippen LogP contribution in [-0.2, 0) is 0 Å². The molecule has 0 atom stereocenters. The molecule has 1 N–H and O–H groups in total. The van der Waals surface area contributed by atoms with Crippen LogP contribution in [0.5, 0.6) is 17.4 Å². The molecule has 0 spiro atoms. The highest BCUT2D eigenvalue weighted by molar-refractivity contribution is 6.86. The van der Waals surface area contributed by atoms with Crippen molar-refractivity contribution in [2.45, 2.75) is 0 Å². The molecule has 8 rings (SSSR count). The molecule has 4 aromatic carbocycles. The van der Waals surface area contributed by atoms with Gasteiger partial charge in [0.1, 0.15) is 17.3 Å². The Balaban J connectivity index is 1.25. The summed E-state index contributed by atoms with van der Waals surface area (Å²) in [4.78, 5) is 14.2. The van der Waals surface area contributed by atoms with E-state index in [0.29, 0.717) is 22.9 Å². The minimum Gasteiger partial charge on any atom is -0.507 e. The van der Waals surface area contributed by atoms with Crippen LogP contribution in [0.3, 0.4) is 0 Å². The number of benzene rings is 4. The van der Waals surface area contributed by atoms with Gasteiger partial charge in [-0.1, -0.05) is 60.7 Å². The fraction of sp³-hybridized carbons (Fsp3) is 0. The highest BCUT2D eigenvalue weighted by atomic mass is 16.5. The summed E-state index contributed by atoms with van der Waals surface area (Å²) in [5.41, 5.74) is 7.98. The van der Waals surface area contributed by atoms with Crippen LogP contribution in [0.25, 0.3) is 22.4 Å². The molecule has 0 amide bonds. The minimum atomic E-state index is -0.108. The number of anilines is 4. The molecule has 2 aromatic heterocycles. The van der Waals surface area contributed by atoms with Crippen LogP contribution in [0.1, 0.15) is 0 Å². The number of fused-ring (bicyclic) bond motifs is 8. The number of phenols is 1. The fourth-order valence-electron chi connectivity index (χ4n) is 5.92. The van der Waals surface area contributed by atoms with E-state index >= 15 is 0 Å². The first-order chi connectivity index (χ1) is 20.3. The third kappa shape index (κ3) is 3.74. The molecule has 7 heteroatoms. The summed E-state index contributed by atoms with van der Waals surface area (Å²) in [7, 11) is 0. The summed E-state index contributed by atoms with van der Waals surface area (Å²) in [6.07, 6.45) is 1.85. The van der Waals surface area contributed by atoms with Crippen molar-refractivity contribution in [1.82, 2.24) is 9.97 Å². The number of rotatable bonds is 4. The lowest BCUT2D eigenvalue weighted by molar-refractivity contribution is 0.463. The van der Waals surface area contributed by atoms with Crippen molar-refractivity contribution in [3.8, 4) is 39.8 Å². The molecular weight excluding hydrogens is 507 g/mol. The van der Waals surface area contributed by atoms with Crippen molar-refractivity contribution in [2.24, 2.45) is 0 Å². The Morgan fingerprint density at radius 3 is 2.32 bits per heavy atom. The van der Waals surface area contributed by atoms with Crippen molar-refractivity contribution in [3.63, 3.8) is 0 Å². The van der Waals surface area contributed by atoms with E-state index in [9.17, 15) is 5.11 Å². The minimum absolute atomic E-state index is 0.108. The van der Waals surface area contributed by atoms with Crippen LogP contribution in [-0.4, -0.2) is 22.1 Å². The molecule has 4 heterocycles. The molecule has 0 saturated carbocycles. The van der Waals surface area contributed by atoms with Crippen LogP contribution in [0.2, 0.25) is 0 Å². The maximum atomic E-state index is 10.3. The first-order valence-electron chi connectivity index (χ1n) is 13.5. The number of phenolic OH excluding ortho intramolecular Hbond substituents is 1. The second kappa shape index (κ2) is 9.28. The number of pyridine rings is 2. The van der Waals surface area contributed by atoms with E-state index in [4.69, 9.17) is 9.72 Å². The molecule has 0 bridgehead atoms. The van der Waals surface area contributed by atoms with E-state index in [1.807, 2.05) is 54.7 Å². The van der Waals surface area contributed by atoms with E-state index in [1.165, 1.54) is 11.0 Å². The molecule has 6 aromatic rings. The van der Waals surface area contributed by atoms with E-state index in [1.54, 1.807) is 12.1 Å². The molecule has 2 aliphatic heterocycles. The molecular formula is C34H23BN4O2. The third-order valence-electron chi connectivity index (χ3n) is 7.66. The standard InChI is InChI=1S/C34H23BN4O2/c40-32-17-7-5-13-27(32)29-15-8-18-33(37-29)41-24-19-20-26-25-12-4-6-14-28(25)35-38(23-10-2-1-3-11-23)30-16-9-21-36-34(30)39(35)31(26)22-24/h1-22,40H. The Morgan fingerprint density at radius 1 is 0.634 bits per heavy atom. The van der Waals surface area contributed by atoms with Gasteiger partial charge < -0.3 is 19.5 Å². The quantitative estimate of drug-likeness (QED) is 0.241. The Kier molecular flexibility index (Phi) is 5.28. The van der Waals surface area contributed by atoms with Crippen molar-refractivity contribution in [2.75, 3.05) is 9.62 Å². The van der Waals surface area contributed by atoms with Gasteiger partial charge in [-0.3, -0.25) is 0 Å². The van der Waals surface area contributed by atoms with E-state index in [0.717, 1.165) is 28.4 Å². The third-order valence-corrected chi connectivity index (χ3v) is 7.66. The molecule has 0 radical (unpaired) electrons. The van der Waals surface area contributed by atoms with Crippen LogP contribution in [0, 0.1) is 0 Å². The van der Waals surface area contributed by atoms with Gasteiger partial charge in [0, 0.05) is 40.8 Å². The summed E-state index contributed by atoms with van der Waals surface area (Å²) in [5.74, 6) is 2.19. The van der Waals surface area contributed by atoms with Crippen molar-refractivity contribution in [1.29, 1.82) is 0 Å². The lowest BCUT2D eigenvalue weighted by atomic mass is 9.59. The van der Waals surface area contributed by atoms with Gasteiger partial charge in [0.15, 0.2) is 0 Å². The normalized spacial score (nSPS) is 12.8. The van der Waals surface area contributed by atoms with Crippen LogP contribution in [0.15, 0.2) is 134 Å². The summed E-state index contributed by atoms with van der Waals surface area (Å²) < 4.78 is 6.33. The average Bonchev–Trinajstić information content (AvgIpc) is 3.38. The average molecular weight is 530 g/mol. The predicted molar refractivity (Wildman–Crippen MR) is 164 cm³/mol. The topological polar surface area (TPSA) is 61.7 Å². The zero-order valence-electron chi connectivity index (χ0n) is 21.9. The second-order valence-corrected chi connectivity index (χ2v) is 10.0. The molecule has 0 saturated heterocycles. The summed E-state index contributed by atoms with van der Waals surface area (Å²) >= 11 is 0. The fourth-order valence-corrected chi connectivity index (χ4v) is 5.92. The summed E-state index contributed by atoms with van der Waals surface area (Å²) in [6, 6.07) is 42.0. The van der Waals surface area contributed by atoms with Gasteiger partial charge in [0.2, 0.25) is 5.88 Å². The smallest absolute Gasteiger partial charge is 0.422 e. The first kappa shape index (κ1) is 23.3. The van der Waals surface area contributed by atoms with Gasteiger partial charge in [0.25, 0.3) is 0 Å². The van der Waals surface area contributed by atoms with Crippen LogP contribution < -0.4 is 19.8 Å². The lowest BCUT2D eigenvalue weighted by Gasteiger charge is -2.36. The number of ether oxygens (including phenoxy) is 1. The van der Waals surface area contributed by atoms with Crippen molar-refractivity contribution < 1.29 is 9.84 Å². The van der Waals surface area contributed by atoms with Crippen molar-refractivity contribution >= 4 is 35.3 Å². The Morgan fingerprint density at radius 2 is 1.44 bits per heavy atom. The molecule has 0 fully saturated rings. The molecule has 2 aliphatic rings. The number of hydrogen-bond donors (Lipinski definition) is 1. The largest absolute Gasteiger partial charge is 0.507 e. The number of hydrogen-bond acceptors (Lipinski definition) is 6. The lowest BCUT2D eigenvalue weighted by Crippen LogP contribution is -2.55. The Labute approximate surface area is 237 Å². The van der Waals surface area contributed by atoms with Crippen LogP contribution >= 0.6 is 0 Å². The monoisotopic (exact) mass is 530 g/mol. The zero-order chi connectivity index (χ0) is 27.3. The second-order valence-electron chi connectivity index (χ2n) is 10.0. The predicted octanol–water partition coefficient (Wildman–Crippen LogP) is 7.31. The van der Waals surface area contributed by atoms with E-state index in [-0.39, 0.29) is 12.7 Å². The molecule has 41 heavy (non-hydrogen) atoms. The number of nitrogens with zero attached hydrogens (tertiary/aromatic N) is 4. The Bertz CT molecular complexity index is 1930. The molecule has 0 aliphatic carbocycles. The van der Waals surface area contributed by atoms with Crippen molar-refractivity contribution in [3.05, 3.63) is 134 Å². The SMILES string of the molecule is Oc1ccccc1-c1cccc(Oc2ccc3c(c2)N2B(c4ccccc4-3)N(c3ccccc3)c3cccnc32)n1. The summed E-state index contributed by atoms with van der Waals surface area (Å²) in [5, 5.41) is 10.3. The number of para-hydroxylation sites is 2.